The highest BCUT2D eigenvalue weighted by Gasteiger charge is 2.15. The van der Waals surface area contributed by atoms with Crippen LogP contribution in [0.25, 0.3) is 0 Å². The minimum Gasteiger partial charge on any atom is -0.436 e. The summed E-state index contributed by atoms with van der Waals surface area (Å²) in [6, 6.07) is 9.22. The molecule has 0 aliphatic rings. The molecule has 0 aliphatic heterocycles. The molecule has 1 N–H and O–H groups in total. The van der Waals surface area contributed by atoms with Crippen molar-refractivity contribution in [1.29, 1.82) is 0 Å². The van der Waals surface area contributed by atoms with Crippen molar-refractivity contribution in [2.24, 2.45) is 0 Å². The maximum Gasteiger partial charge on any atom is 0.279 e. The van der Waals surface area contributed by atoms with E-state index in [0.717, 1.165) is 4.31 Å². The SMILES string of the molecule is CN(C)S(=O)(=O)NCc1cccnc1Oc1ccccc1F. The van der Waals surface area contributed by atoms with Crippen LogP contribution in [-0.2, 0) is 16.8 Å². The van der Waals surface area contributed by atoms with Crippen LogP contribution in [0.5, 0.6) is 11.6 Å². The number of nitrogens with one attached hydrogen (secondary N) is 1. The average molecular weight is 325 g/mol. The molecule has 0 amide bonds. The highest BCUT2D eigenvalue weighted by atomic mass is 32.2. The second-order valence-corrected chi connectivity index (χ2v) is 6.58. The van der Waals surface area contributed by atoms with Crippen LogP contribution in [0.15, 0.2) is 42.6 Å². The molecule has 2 rings (SSSR count). The number of hydrogen-bond acceptors (Lipinski definition) is 4. The first kappa shape index (κ1) is 16.3. The number of aromatic nitrogens is 1. The van der Waals surface area contributed by atoms with Crippen molar-refractivity contribution in [3.63, 3.8) is 0 Å². The van der Waals surface area contributed by atoms with E-state index in [1.165, 1.54) is 32.4 Å². The third-order valence-corrected chi connectivity index (χ3v) is 4.29. The molecule has 2 aromatic rings. The molecule has 118 valence electrons. The first-order valence-electron chi connectivity index (χ1n) is 6.43. The molecule has 0 unspecified atom stereocenters. The molecule has 0 fully saturated rings. The van der Waals surface area contributed by atoms with Gasteiger partial charge in [0, 0.05) is 32.4 Å². The Bertz CT molecular complexity index is 751. The summed E-state index contributed by atoms with van der Waals surface area (Å²) in [5, 5.41) is 0. The predicted molar refractivity (Wildman–Crippen MR) is 80.2 cm³/mol. The van der Waals surface area contributed by atoms with Gasteiger partial charge in [0.1, 0.15) is 0 Å². The third kappa shape index (κ3) is 4.00. The maximum absolute atomic E-state index is 13.6. The lowest BCUT2D eigenvalue weighted by molar-refractivity contribution is 0.421. The van der Waals surface area contributed by atoms with Gasteiger partial charge in [-0.15, -0.1) is 0 Å². The monoisotopic (exact) mass is 325 g/mol. The predicted octanol–water partition coefficient (Wildman–Crippen LogP) is 1.91. The fraction of sp³-hybridized carbons (Fsp3) is 0.214. The molecule has 8 heteroatoms. The van der Waals surface area contributed by atoms with Gasteiger partial charge in [-0.05, 0) is 18.2 Å². The molecule has 0 radical (unpaired) electrons. The van der Waals surface area contributed by atoms with Crippen molar-refractivity contribution in [3.8, 4) is 11.6 Å². The van der Waals surface area contributed by atoms with Crippen LogP contribution in [0.4, 0.5) is 4.39 Å². The molecule has 22 heavy (non-hydrogen) atoms. The number of pyridine rings is 1. The summed E-state index contributed by atoms with van der Waals surface area (Å²) < 4.78 is 45.9. The van der Waals surface area contributed by atoms with Crippen molar-refractivity contribution in [2.75, 3.05) is 14.1 Å². The quantitative estimate of drug-likeness (QED) is 0.881. The van der Waals surface area contributed by atoms with Crippen molar-refractivity contribution in [3.05, 3.63) is 54.0 Å². The number of nitrogens with zero attached hydrogens (tertiary/aromatic N) is 2. The van der Waals surface area contributed by atoms with Crippen molar-refractivity contribution in [2.45, 2.75) is 6.54 Å². The number of benzene rings is 1. The maximum atomic E-state index is 13.6. The lowest BCUT2D eigenvalue weighted by atomic mass is 10.2. The zero-order valence-electron chi connectivity index (χ0n) is 12.2. The zero-order valence-corrected chi connectivity index (χ0v) is 13.0. The van der Waals surface area contributed by atoms with E-state index in [2.05, 4.69) is 9.71 Å². The lowest BCUT2D eigenvalue weighted by Gasteiger charge is -2.14. The molecular formula is C14H16FN3O3S. The Morgan fingerprint density at radius 3 is 2.64 bits per heavy atom. The van der Waals surface area contributed by atoms with Crippen LogP contribution in [-0.4, -0.2) is 31.8 Å². The Labute approximate surface area is 128 Å². The minimum absolute atomic E-state index is 0.0157. The van der Waals surface area contributed by atoms with Crippen molar-refractivity contribution < 1.29 is 17.5 Å². The summed E-state index contributed by atoms with van der Waals surface area (Å²) in [6.07, 6.45) is 1.49. The Balaban J connectivity index is 2.19. The van der Waals surface area contributed by atoms with Gasteiger partial charge in [0.2, 0.25) is 5.88 Å². The molecule has 0 atom stereocenters. The van der Waals surface area contributed by atoms with Crippen molar-refractivity contribution in [1.82, 2.24) is 14.0 Å². The van der Waals surface area contributed by atoms with Crippen LogP contribution >= 0.6 is 0 Å². The van der Waals surface area contributed by atoms with E-state index in [9.17, 15) is 12.8 Å². The normalized spacial score (nSPS) is 11.6. The van der Waals surface area contributed by atoms with Crippen LogP contribution in [0, 0.1) is 5.82 Å². The standard InChI is InChI=1S/C14H16FN3O3S/c1-18(2)22(19,20)17-10-11-6-5-9-16-14(11)21-13-8-4-3-7-12(13)15/h3-9,17H,10H2,1-2H3. The van der Waals surface area contributed by atoms with Gasteiger partial charge >= 0.3 is 0 Å². The first-order chi connectivity index (χ1) is 10.4. The second-order valence-electron chi connectivity index (χ2n) is 4.61. The molecule has 0 saturated carbocycles. The number of para-hydroxylation sites is 1. The Hall–Kier alpha value is -2.03. The molecule has 0 bridgehead atoms. The summed E-state index contributed by atoms with van der Waals surface area (Å²) in [5.74, 6) is -0.347. The van der Waals surface area contributed by atoms with Crippen LogP contribution in [0.1, 0.15) is 5.56 Å². The Morgan fingerprint density at radius 2 is 1.95 bits per heavy atom. The highest BCUT2D eigenvalue weighted by molar-refractivity contribution is 7.87. The fourth-order valence-electron chi connectivity index (χ4n) is 1.58. The molecule has 1 heterocycles. The van der Waals surface area contributed by atoms with Crippen LogP contribution < -0.4 is 9.46 Å². The third-order valence-electron chi connectivity index (χ3n) is 2.82. The topological polar surface area (TPSA) is 71.5 Å². The van der Waals surface area contributed by atoms with Gasteiger partial charge < -0.3 is 4.74 Å². The smallest absolute Gasteiger partial charge is 0.279 e. The van der Waals surface area contributed by atoms with Gasteiger partial charge in [-0.1, -0.05) is 18.2 Å². The van der Waals surface area contributed by atoms with E-state index in [1.807, 2.05) is 0 Å². The number of halogens is 1. The number of hydrogen-bond donors (Lipinski definition) is 1. The molecule has 6 nitrogen and oxygen atoms in total. The van der Waals surface area contributed by atoms with Gasteiger partial charge in [-0.3, -0.25) is 0 Å². The van der Waals surface area contributed by atoms with E-state index < -0.39 is 16.0 Å². The van der Waals surface area contributed by atoms with E-state index in [1.54, 1.807) is 24.3 Å². The summed E-state index contributed by atoms with van der Waals surface area (Å²) in [5.41, 5.74) is 0.496. The largest absolute Gasteiger partial charge is 0.436 e. The minimum atomic E-state index is -3.57. The molecule has 1 aromatic carbocycles. The second kappa shape index (κ2) is 6.82. The van der Waals surface area contributed by atoms with Gasteiger partial charge in [-0.2, -0.15) is 17.4 Å². The van der Waals surface area contributed by atoms with Crippen molar-refractivity contribution >= 4 is 10.2 Å². The van der Waals surface area contributed by atoms with Gasteiger partial charge in [0.25, 0.3) is 10.2 Å². The Morgan fingerprint density at radius 1 is 1.23 bits per heavy atom. The van der Waals surface area contributed by atoms with E-state index in [-0.39, 0.29) is 18.2 Å². The molecule has 0 spiro atoms. The summed E-state index contributed by atoms with van der Waals surface area (Å²) in [7, 11) is -0.730. The van der Waals surface area contributed by atoms with Gasteiger partial charge in [-0.25, -0.2) is 9.37 Å². The number of rotatable bonds is 6. The molecular weight excluding hydrogens is 309 g/mol. The summed E-state index contributed by atoms with van der Waals surface area (Å²) in [4.78, 5) is 4.02. The Kier molecular flexibility index (Phi) is 5.07. The van der Waals surface area contributed by atoms with Crippen LogP contribution in [0.3, 0.4) is 0 Å². The van der Waals surface area contributed by atoms with Gasteiger partial charge in [0.05, 0.1) is 0 Å². The highest BCUT2D eigenvalue weighted by Crippen LogP contribution is 2.25. The van der Waals surface area contributed by atoms with Gasteiger partial charge in [0.15, 0.2) is 11.6 Å². The summed E-state index contributed by atoms with van der Waals surface area (Å²) >= 11 is 0. The lowest BCUT2D eigenvalue weighted by Crippen LogP contribution is -2.35. The van der Waals surface area contributed by atoms with E-state index in [0.29, 0.717) is 5.56 Å². The summed E-state index contributed by atoms with van der Waals surface area (Å²) in [6.45, 7) is -0.0157. The fourth-order valence-corrected chi connectivity index (χ4v) is 2.18. The number of ether oxygens (including phenoxy) is 1. The zero-order chi connectivity index (χ0) is 16.2. The average Bonchev–Trinajstić information content (AvgIpc) is 2.48. The van der Waals surface area contributed by atoms with E-state index >= 15 is 0 Å². The van der Waals surface area contributed by atoms with E-state index in [4.69, 9.17) is 4.74 Å². The molecule has 0 aliphatic carbocycles. The van der Waals surface area contributed by atoms with Crippen LogP contribution in [0.2, 0.25) is 0 Å². The molecule has 0 saturated heterocycles. The molecule has 1 aromatic heterocycles. The first-order valence-corrected chi connectivity index (χ1v) is 7.87.